The maximum Gasteiger partial charge on any atom is 0.376 e. The number of nitrogens with one attached hydrogen (secondary N) is 1. The average molecular weight is 251 g/mol. The molecule has 0 amide bonds. The lowest BCUT2D eigenvalue weighted by atomic mass is 10.3. The SMILES string of the molecule is CCOC(=O)c1nn(-c2ccccc2F)c(=O)[nH]1. The van der Waals surface area contributed by atoms with E-state index in [2.05, 4.69) is 14.8 Å². The van der Waals surface area contributed by atoms with Gasteiger partial charge in [0.2, 0.25) is 5.82 Å². The van der Waals surface area contributed by atoms with Crippen LogP contribution in [0, 0.1) is 5.82 Å². The van der Waals surface area contributed by atoms with Gasteiger partial charge in [0, 0.05) is 0 Å². The summed E-state index contributed by atoms with van der Waals surface area (Å²) >= 11 is 0. The summed E-state index contributed by atoms with van der Waals surface area (Å²) in [6.45, 7) is 1.79. The van der Waals surface area contributed by atoms with E-state index >= 15 is 0 Å². The molecular formula is C11H10FN3O3. The number of ether oxygens (including phenoxy) is 1. The highest BCUT2D eigenvalue weighted by Crippen LogP contribution is 2.09. The normalized spacial score (nSPS) is 10.3. The Hall–Kier alpha value is -2.44. The van der Waals surface area contributed by atoms with E-state index in [9.17, 15) is 14.0 Å². The average Bonchev–Trinajstić information content (AvgIpc) is 2.72. The summed E-state index contributed by atoms with van der Waals surface area (Å²) in [5, 5.41) is 3.69. The van der Waals surface area contributed by atoms with E-state index in [-0.39, 0.29) is 18.1 Å². The lowest BCUT2D eigenvalue weighted by Crippen LogP contribution is -2.17. The number of aromatic amines is 1. The van der Waals surface area contributed by atoms with Crippen molar-refractivity contribution in [2.45, 2.75) is 6.92 Å². The Kier molecular flexibility index (Phi) is 3.22. The fourth-order valence-electron chi connectivity index (χ4n) is 1.40. The molecule has 0 saturated heterocycles. The third kappa shape index (κ3) is 2.15. The van der Waals surface area contributed by atoms with Gasteiger partial charge < -0.3 is 4.74 Å². The molecule has 2 rings (SSSR count). The topological polar surface area (TPSA) is 77.0 Å². The minimum absolute atomic E-state index is 0.0331. The molecule has 0 atom stereocenters. The summed E-state index contributed by atoms with van der Waals surface area (Å²) in [6, 6.07) is 5.62. The number of rotatable bonds is 3. The smallest absolute Gasteiger partial charge is 0.376 e. The van der Waals surface area contributed by atoms with Crippen LogP contribution in [0.1, 0.15) is 17.5 Å². The van der Waals surface area contributed by atoms with E-state index in [1.54, 1.807) is 13.0 Å². The third-order valence-corrected chi connectivity index (χ3v) is 2.17. The van der Waals surface area contributed by atoms with Crippen LogP contribution >= 0.6 is 0 Å². The first kappa shape index (κ1) is 12.0. The van der Waals surface area contributed by atoms with Crippen LogP contribution in [0.4, 0.5) is 4.39 Å². The molecule has 0 fully saturated rings. The van der Waals surface area contributed by atoms with Crippen molar-refractivity contribution >= 4 is 5.97 Å². The van der Waals surface area contributed by atoms with E-state index in [1.165, 1.54) is 18.2 Å². The zero-order valence-electron chi connectivity index (χ0n) is 9.51. The van der Waals surface area contributed by atoms with Gasteiger partial charge in [-0.3, -0.25) is 4.98 Å². The number of carbonyl (C=O) groups is 1. The number of hydrogen-bond acceptors (Lipinski definition) is 4. The van der Waals surface area contributed by atoms with Gasteiger partial charge in [-0.05, 0) is 19.1 Å². The van der Waals surface area contributed by atoms with E-state index < -0.39 is 17.5 Å². The van der Waals surface area contributed by atoms with Crippen molar-refractivity contribution in [1.29, 1.82) is 0 Å². The van der Waals surface area contributed by atoms with Crippen LogP contribution in [0.2, 0.25) is 0 Å². The monoisotopic (exact) mass is 251 g/mol. The lowest BCUT2D eigenvalue weighted by molar-refractivity contribution is 0.0512. The Morgan fingerprint density at radius 1 is 1.50 bits per heavy atom. The molecular weight excluding hydrogens is 241 g/mol. The number of halogens is 1. The van der Waals surface area contributed by atoms with E-state index in [0.29, 0.717) is 0 Å². The molecule has 6 nitrogen and oxygen atoms in total. The van der Waals surface area contributed by atoms with Gasteiger partial charge >= 0.3 is 11.7 Å². The second-order valence-corrected chi connectivity index (χ2v) is 3.36. The van der Waals surface area contributed by atoms with E-state index in [4.69, 9.17) is 0 Å². The molecule has 1 aromatic carbocycles. The first-order valence-corrected chi connectivity index (χ1v) is 5.25. The van der Waals surface area contributed by atoms with Crippen molar-refractivity contribution in [3.63, 3.8) is 0 Å². The molecule has 7 heteroatoms. The number of aromatic nitrogens is 3. The predicted molar refractivity (Wildman–Crippen MR) is 60.1 cm³/mol. The predicted octanol–water partition coefficient (Wildman–Crippen LogP) is 0.876. The molecule has 1 aromatic heterocycles. The highest BCUT2D eigenvalue weighted by molar-refractivity contribution is 5.84. The van der Waals surface area contributed by atoms with Gasteiger partial charge in [0.15, 0.2) is 0 Å². The first-order chi connectivity index (χ1) is 8.63. The first-order valence-electron chi connectivity index (χ1n) is 5.25. The molecule has 0 saturated carbocycles. The van der Waals surface area contributed by atoms with Crippen LogP contribution in [0.3, 0.4) is 0 Å². The number of benzene rings is 1. The molecule has 1 N–H and O–H groups in total. The summed E-state index contributed by atoms with van der Waals surface area (Å²) in [4.78, 5) is 25.1. The Morgan fingerprint density at radius 3 is 2.89 bits per heavy atom. The largest absolute Gasteiger partial charge is 0.460 e. The van der Waals surface area contributed by atoms with Crippen LogP contribution in [0.5, 0.6) is 0 Å². The van der Waals surface area contributed by atoms with E-state index in [0.717, 1.165) is 4.68 Å². The minimum Gasteiger partial charge on any atom is -0.460 e. The van der Waals surface area contributed by atoms with Crippen LogP contribution in [0.15, 0.2) is 29.1 Å². The fraction of sp³-hybridized carbons (Fsp3) is 0.182. The Labute approximate surface area is 101 Å². The summed E-state index contributed by atoms with van der Waals surface area (Å²) in [6.07, 6.45) is 0. The fourth-order valence-corrected chi connectivity index (χ4v) is 1.40. The maximum atomic E-state index is 13.5. The van der Waals surface area contributed by atoms with Crippen molar-refractivity contribution in [2.75, 3.05) is 6.61 Å². The molecule has 0 aliphatic rings. The van der Waals surface area contributed by atoms with Gasteiger partial charge in [-0.15, -0.1) is 5.10 Å². The summed E-state index contributed by atoms with van der Waals surface area (Å²) in [5.41, 5.74) is -0.738. The summed E-state index contributed by atoms with van der Waals surface area (Å²) in [7, 11) is 0. The lowest BCUT2D eigenvalue weighted by Gasteiger charge is -2.00. The van der Waals surface area contributed by atoms with Gasteiger partial charge in [-0.25, -0.2) is 14.0 Å². The maximum absolute atomic E-state index is 13.5. The van der Waals surface area contributed by atoms with Crippen LogP contribution in [-0.2, 0) is 4.74 Å². The number of nitrogens with zero attached hydrogens (tertiary/aromatic N) is 2. The van der Waals surface area contributed by atoms with Crippen molar-refractivity contribution in [3.8, 4) is 5.69 Å². The molecule has 0 aliphatic heterocycles. The molecule has 2 aromatic rings. The van der Waals surface area contributed by atoms with Gasteiger partial charge in [0.25, 0.3) is 0 Å². The molecule has 0 aliphatic carbocycles. The molecule has 0 unspecified atom stereocenters. The molecule has 18 heavy (non-hydrogen) atoms. The zero-order valence-corrected chi connectivity index (χ0v) is 9.51. The highest BCUT2D eigenvalue weighted by atomic mass is 19.1. The number of carbonyl (C=O) groups excluding carboxylic acids is 1. The number of para-hydroxylation sites is 1. The number of H-pyrrole nitrogens is 1. The molecule has 1 heterocycles. The Balaban J connectivity index is 2.45. The van der Waals surface area contributed by atoms with Gasteiger partial charge in [0.1, 0.15) is 11.5 Å². The molecule has 0 bridgehead atoms. The molecule has 94 valence electrons. The molecule has 0 radical (unpaired) electrons. The summed E-state index contributed by atoms with van der Waals surface area (Å²) < 4.78 is 18.9. The Morgan fingerprint density at radius 2 is 2.22 bits per heavy atom. The molecule has 0 spiro atoms. The van der Waals surface area contributed by atoms with Gasteiger partial charge in [0.05, 0.1) is 6.61 Å². The van der Waals surface area contributed by atoms with Crippen LogP contribution in [-0.4, -0.2) is 27.3 Å². The van der Waals surface area contributed by atoms with Crippen LogP contribution < -0.4 is 5.69 Å². The quantitative estimate of drug-likeness (QED) is 0.821. The van der Waals surface area contributed by atoms with Crippen molar-refractivity contribution in [1.82, 2.24) is 14.8 Å². The zero-order chi connectivity index (χ0) is 13.1. The summed E-state index contributed by atoms with van der Waals surface area (Å²) in [5.74, 6) is -1.63. The van der Waals surface area contributed by atoms with Crippen molar-refractivity contribution < 1.29 is 13.9 Å². The highest BCUT2D eigenvalue weighted by Gasteiger charge is 2.16. The number of esters is 1. The second kappa shape index (κ2) is 4.82. The van der Waals surface area contributed by atoms with Crippen molar-refractivity contribution in [2.24, 2.45) is 0 Å². The standard InChI is InChI=1S/C11H10FN3O3/c1-2-18-10(16)9-13-11(17)15(14-9)8-6-4-3-5-7(8)12/h3-6H,2H2,1H3,(H,13,14,17). The van der Waals surface area contributed by atoms with Gasteiger partial charge in [-0.1, -0.05) is 12.1 Å². The number of hydrogen-bond donors (Lipinski definition) is 1. The van der Waals surface area contributed by atoms with Gasteiger partial charge in [-0.2, -0.15) is 4.68 Å². The minimum atomic E-state index is -0.760. The van der Waals surface area contributed by atoms with Crippen LogP contribution in [0.25, 0.3) is 5.69 Å². The second-order valence-electron chi connectivity index (χ2n) is 3.36. The van der Waals surface area contributed by atoms with E-state index in [1.807, 2.05) is 0 Å². The Bertz CT molecular complexity index is 632. The van der Waals surface area contributed by atoms with Crippen molar-refractivity contribution in [3.05, 3.63) is 46.4 Å². The third-order valence-electron chi connectivity index (χ3n) is 2.17.